The van der Waals surface area contributed by atoms with E-state index in [9.17, 15) is 0 Å². The lowest BCUT2D eigenvalue weighted by atomic mass is 9.93. The van der Waals surface area contributed by atoms with E-state index in [4.69, 9.17) is 0 Å². The van der Waals surface area contributed by atoms with E-state index in [0.717, 1.165) is 12.5 Å². The van der Waals surface area contributed by atoms with Gasteiger partial charge in [0.1, 0.15) is 0 Å². The molecule has 1 aromatic carbocycles. The molecule has 0 N–H and O–H groups in total. The molecule has 0 bridgehead atoms. The van der Waals surface area contributed by atoms with Gasteiger partial charge in [-0.15, -0.1) is 11.3 Å². The van der Waals surface area contributed by atoms with Gasteiger partial charge in [-0.2, -0.15) is 0 Å². The SMILES string of the molecule is CCC[C@@H]1CCCN(Cc2csc3ccccc23)C1. The first kappa shape index (κ1) is 13.1. The van der Waals surface area contributed by atoms with Gasteiger partial charge in [-0.05, 0) is 54.1 Å². The number of hydrogen-bond donors (Lipinski definition) is 0. The number of hydrogen-bond acceptors (Lipinski definition) is 2. The molecule has 2 aromatic rings. The molecule has 102 valence electrons. The lowest BCUT2D eigenvalue weighted by molar-refractivity contribution is 0.162. The molecule has 2 heterocycles. The Morgan fingerprint density at radius 2 is 2.21 bits per heavy atom. The van der Waals surface area contributed by atoms with Crippen LogP contribution in [0.25, 0.3) is 10.1 Å². The second-order valence-corrected chi connectivity index (χ2v) is 6.70. The molecule has 1 atom stereocenters. The predicted octanol–water partition coefficient (Wildman–Crippen LogP) is 4.91. The highest BCUT2D eigenvalue weighted by Crippen LogP contribution is 2.28. The minimum Gasteiger partial charge on any atom is -0.299 e. The lowest BCUT2D eigenvalue weighted by Gasteiger charge is -2.32. The monoisotopic (exact) mass is 273 g/mol. The average Bonchev–Trinajstić information content (AvgIpc) is 2.83. The van der Waals surface area contributed by atoms with Gasteiger partial charge in [-0.1, -0.05) is 31.5 Å². The standard InChI is InChI=1S/C17H23NS/c1-2-6-14-7-5-10-18(11-14)12-15-13-19-17-9-4-3-8-16(15)17/h3-4,8-9,13-14H,2,5-7,10-12H2,1H3/t14-/m1/s1. The summed E-state index contributed by atoms with van der Waals surface area (Å²) in [6.07, 6.45) is 5.56. The number of fused-ring (bicyclic) bond motifs is 1. The average molecular weight is 273 g/mol. The number of nitrogens with zero attached hydrogens (tertiary/aromatic N) is 1. The quantitative estimate of drug-likeness (QED) is 0.764. The fourth-order valence-corrected chi connectivity index (χ4v) is 4.29. The molecule has 0 aliphatic carbocycles. The normalized spacial score (nSPS) is 21.0. The van der Waals surface area contributed by atoms with E-state index in [-0.39, 0.29) is 0 Å². The Morgan fingerprint density at radius 1 is 1.32 bits per heavy atom. The molecule has 19 heavy (non-hydrogen) atoms. The van der Waals surface area contributed by atoms with Gasteiger partial charge in [0.05, 0.1) is 0 Å². The maximum atomic E-state index is 2.66. The van der Waals surface area contributed by atoms with Crippen LogP contribution in [0.1, 0.15) is 38.2 Å². The molecule has 2 heteroatoms. The van der Waals surface area contributed by atoms with E-state index in [1.807, 2.05) is 11.3 Å². The Labute approximate surface area is 120 Å². The number of benzene rings is 1. The molecule has 0 spiro atoms. The number of piperidine rings is 1. The topological polar surface area (TPSA) is 3.24 Å². The number of thiophene rings is 1. The van der Waals surface area contributed by atoms with Crippen molar-refractivity contribution in [1.82, 2.24) is 4.90 Å². The van der Waals surface area contributed by atoms with Crippen molar-refractivity contribution in [3.8, 4) is 0 Å². The Balaban J connectivity index is 1.70. The second-order valence-electron chi connectivity index (χ2n) is 5.79. The summed E-state index contributed by atoms with van der Waals surface area (Å²) in [5, 5.41) is 3.82. The van der Waals surface area contributed by atoms with Gasteiger partial charge in [0.25, 0.3) is 0 Å². The van der Waals surface area contributed by atoms with Crippen LogP contribution in [-0.2, 0) is 6.54 Å². The van der Waals surface area contributed by atoms with Gasteiger partial charge in [-0.25, -0.2) is 0 Å². The van der Waals surface area contributed by atoms with Crippen molar-refractivity contribution in [1.29, 1.82) is 0 Å². The zero-order valence-electron chi connectivity index (χ0n) is 11.8. The van der Waals surface area contributed by atoms with E-state index in [1.54, 1.807) is 0 Å². The largest absolute Gasteiger partial charge is 0.299 e. The fourth-order valence-electron chi connectivity index (χ4n) is 3.33. The van der Waals surface area contributed by atoms with Gasteiger partial charge < -0.3 is 0 Å². The molecule has 1 aliphatic heterocycles. The predicted molar refractivity (Wildman–Crippen MR) is 84.7 cm³/mol. The molecule has 0 radical (unpaired) electrons. The van der Waals surface area contributed by atoms with Crippen molar-refractivity contribution in [3.63, 3.8) is 0 Å². The summed E-state index contributed by atoms with van der Waals surface area (Å²) in [7, 11) is 0. The van der Waals surface area contributed by atoms with Crippen molar-refractivity contribution in [2.24, 2.45) is 5.92 Å². The molecule has 1 aromatic heterocycles. The van der Waals surface area contributed by atoms with E-state index in [2.05, 4.69) is 41.5 Å². The Hall–Kier alpha value is -0.860. The molecule has 0 amide bonds. The summed E-state index contributed by atoms with van der Waals surface area (Å²) in [6, 6.07) is 8.81. The third-order valence-electron chi connectivity index (χ3n) is 4.26. The maximum Gasteiger partial charge on any atom is 0.0346 e. The third kappa shape index (κ3) is 3.01. The van der Waals surface area contributed by atoms with Crippen LogP contribution in [0.5, 0.6) is 0 Å². The van der Waals surface area contributed by atoms with E-state index in [0.29, 0.717) is 0 Å². The minimum atomic E-state index is 0.934. The fraction of sp³-hybridized carbons (Fsp3) is 0.529. The zero-order chi connectivity index (χ0) is 13.1. The molecule has 1 fully saturated rings. The summed E-state index contributed by atoms with van der Waals surface area (Å²) >= 11 is 1.89. The van der Waals surface area contributed by atoms with Crippen molar-refractivity contribution in [2.75, 3.05) is 13.1 Å². The molecule has 3 rings (SSSR count). The van der Waals surface area contributed by atoms with Gasteiger partial charge in [0.2, 0.25) is 0 Å². The van der Waals surface area contributed by atoms with Crippen molar-refractivity contribution >= 4 is 21.4 Å². The van der Waals surface area contributed by atoms with Crippen molar-refractivity contribution in [2.45, 2.75) is 39.2 Å². The van der Waals surface area contributed by atoms with Crippen LogP contribution in [-0.4, -0.2) is 18.0 Å². The second kappa shape index (κ2) is 6.06. The highest BCUT2D eigenvalue weighted by molar-refractivity contribution is 7.17. The summed E-state index contributed by atoms with van der Waals surface area (Å²) in [5.41, 5.74) is 1.53. The molecule has 1 aliphatic rings. The van der Waals surface area contributed by atoms with Crippen LogP contribution in [0.4, 0.5) is 0 Å². The molecule has 1 saturated heterocycles. The minimum absolute atomic E-state index is 0.934. The van der Waals surface area contributed by atoms with Crippen LogP contribution in [0, 0.1) is 5.92 Å². The summed E-state index contributed by atoms with van der Waals surface area (Å²) < 4.78 is 1.43. The van der Waals surface area contributed by atoms with Gasteiger partial charge in [-0.3, -0.25) is 4.90 Å². The smallest absolute Gasteiger partial charge is 0.0346 e. The maximum absolute atomic E-state index is 2.66. The first-order chi connectivity index (χ1) is 9.36. The van der Waals surface area contributed by atoms with Crippen molar-refractivity contribution < 1.29 is 0 Å². The van der Waals surface area contributed by atoms with Crippen LogP contribution >= 0.6 is 11.3 Å². The molecular weight excluding hydrogens is 250 g/mol. The van der Waals surface area contributed by atoms with Crippen LogP contribution in [0.3, 0.4) is 0 Å². The van der Waals surface area contributed by atoms with Gasteiger partial charge in [0.15, 0.2) is 0 Å². The molecule has 0 unspecified atom stereocenters. The van der Waals surface area contributed by atoms with E-state index in [1.165, 1.54) is 54.4 Å². The highest BCUT2D eigenvalue weighted by atomic mass is 32.1. The van der Waals surface area contributed by atoms with Gasteiger partial charge >= 0.3 is 0 Å². The highest BCUT2D eigenvalue weighted by Gasteiger charge is 2.19. The van der Waals surface area contributed by atoms with Crippen LogP contribution in [0.15, 0.2) is 29.6 Å². The van der Waals surface area contributed by atoms with Gasteiger partial charge in [0, 0.05) is 17.8 Å². The zero-order valence-corrected chi connectivity index (χ0v) is 12.6. The molecular formula is C17H23NS. The Morgan fingerprint density at radius 3 is 3.11 bits per heavy atom. The Kier molecular flexibility index (Phi) is 4.19. The first-order valence-corrected chi connectivity index (χ1v) is 8.42. The first-order valence-electron chi connectivity index (χ1n) is 7.54. The lowest BCUT2D eigenvalue weighted by Crippen LogP contribution is -2.34. The summed E-state index contributed by atoms with van der Waals surface area (Å²) in [6.45, 7) is 6.04. The van der Waals surface area contributed by atoms with E-state index >= 15 is 0 Å². The molecule has 1 nitrogen and oxygen atoms in total. The molecule has 0 saturated carbocycles. The summed E-state index contributed by atoms with van der Waals surface area (Å²) in [5.74, 6) is 0.934. The number of likely N-dealkylation sites (tertiary alicyclic amines) is 1. The Bertz CT molecular complexity index is 529. The number of rotatable bonds is 4. The van der Waals surface area contributed by atoms with Crippen LogP contribution in [0.2, 0.25) is 0 Å². The van der Waals surface area contributed by atoms with Crippen LogP contribution < -0.4 is 0 Å². The third-order valence-corrected chi connectivity index (χ3v) is 5.27. The summed E-state index contributed by atoms with van der Waals surface area (Å²) in [4.78, 5) is 2.66. The van der Waals surface area contributed by atoms with E-state index < -0.39 is 0 Å². The van der Waals surface area contributed by atoms with Crippen molar-refractivity contribution in [3.05, 3.63) is 35.2 Å².